The number of methoxy groups -OCH3 is 1. The number of para-hydroxylation sites is 1. The fourth-order valence-electron chi connectivity index (χ4n) is 3.73. The van der Waals surface area contributed by atoms with Crippen LogP contribution in [0.15, 0.2) is 88.8 Å². The highest BCUT2D eigenvalue weighted by atomic mass is 16.5. The van der Waals surface area contributed by atoms with Gasteiger partial charge in [-0.15, -0.1) is 0 Å². The van der Waals surface area contributed by atoms with E-state index in [4.69, 9.17) is 14.5 Å². The Hall–Kier alpha value is -4.46. The predicted molar refractivity (Wildman–Crippen MR) is 133 cm³/mol. The molecular formula is C27H26N4O4. The number of hydrogen-bond donors (Lipinski definition) is 1. The number of rotatable bonds is 9. The van der Waals surface area contributed by atoms with Crippen LogP contribution in [0.1, 0.15) is 29.3 Å². The lowest BCUT2D eigenvalue weighted by Gasteiger charge is -2.10. The second-order valence-corrected chi connectivity index (χ2v) is 7.86. The molecule has 1 N–H and O–H groups in total. The largest absolute Gasteiger partial charge is 0.496 e. The van der Waals surface area contributed by atoms with Crippen LogP contribution >= 0.6 is 0 Å². The van der Waals surface area contributed by atoms with Gasteiger partial charge >= 0.3 is 5.97 Å². The van der Waals surface area contributed by atoms with Gasteiger partial charge in [-0.05, 0) is 23.8 Å². The minimum Gasteiger partial charge on any atom is -0.496 e. The van der Waals surface area contributed by atoms with Crippen LogP contribution < -0.4 is 15.0 Å². The Morgan fingerprint density at radius 2 is 1.77 bits per heavy atom. The van der Waals surface area contributed by atoms with Crippen molar-refractivity contribution in [2.75, 3.05) is 7.11 Å². The molecule has 0 fully saturated rings. The molecule has 4 aromatic rings. The number of aromatic amines is 1. The van der Waals surface area contributed by atoms with E-state index < -0.39 is 5.97 Å². The molecule has 35 heavy (non-hydrogen) atoms. The van der Waals surface area contributed by atoms with E-state index in [9.17, 15) is 9.59 Å². The first-order valence-corrected chi connectivity index (χ1v) is 11.2. The van der Waals surface area contributed by atoms with Gasteiger partial charge in [-0.3, -0.25) is 24.7 Å². The van der Waals surface area contributed by atoms with Crippen LogP contribution in [-0.2, 0) is 24.3 Å². The van der Waals surface area contributed by atoms with Crippen molar-refractivity contribution in [2.45, 2.75) is 26.4 Å². The molecule has 4 rings (SSSR count). The summed E-state index contributed by atoms with van der Waals surface area (Å²) in [6.07, 6.45) is 1.99. The molecule has 0 unspecified atom stereocenters. The Bertz CT molecular complexity index is 1380. The molecule has 0 aliphatic rings. The van der Waals surface area contributed by atoms with Crippen molar-refractivity contribution in [2.24, 2.45) is 4.99 Å². The third-order valence-electron chi connectivity index (χ3n) is 5.35. The summed E-state index contributed by atoms with van der Waals surface area (Å²) in [7, 11) is 1.59. The minimum atomic E-state index is -0.541. The quantitative estimate of drug-likeness (QED) is 0.296. The number of ether oxygens (including phenoxy) is 2. The van der Waals surface area contributed by atoms with Gasteiger partial charge in [-0.2, -0.15) is 0 Å². The van der Waals surface area contributed by atoms with Gasteiger partial charge in [-0.1, -0.05) is 54.6 Å². The standard InChI is InChI=1S/C27H26N4O4/c1-19(32)35-26-25(27(33)31(30-26)18-20-10-4-3-5-11-20)23(29-17-22-13-8-9-15-28-22)16-21-12-6-7-14-24(21)34-2/h3-15,30H,16-18H2,1-2H3. The van der Waals surface area contributed by atoms with Crippen molar-refractivity contribution in [3.05, 3.63) is 112 Å². The number of benzene rings is 2. The van der Waals surface area contributed by atoms with Gasteiger partial charge in [0.25, 0.3) is 5.56 Å². The zero-order chi connectivity index (χ0) is 24.6. The number of H-pyrrole nitrogens is 1. The van der Waals surface area contributed by atoms with Gasteiger partial charge in [0.05, 0.1) is 31.6 Å². The smallest absolute Gasteiger partial charge is 0.309 e. The van der Waals surface area contributed by atoms with E-state index >= 15 is 0 Å². The van der Waals surface area contributed by atoms with E-state index in [1.54, 1.807) is 13.3 Å². The molecule has 8 heteroatoms. The van der Waals surface area contributed by atoms with Gasteiger partial charge in [0.1, 0.15) is 11.3 Å². The minimum absolute atomic E-state index is 0.0631. The number of carbonyl (C=O) groups is 1. The van der Waals surface area contributed by atoms with Crippen LogP contribution in [0.3, 0.4) is 0 Å². The lowest BCUT2D eigenvalue weighted by molar-refractivity contribution is -0.132. The molecule has 0 aliphatic carbocycles. The van der Waals surface area contributed by atoms with Gasteiger partial charge in [-0.25, -0.2) is 4.68 Å². The molecule has 0 bridgehead atoms. The third kappa shape index (κ3) is 5.92. The van der Waals surface area contributed by atoms with Gasteiger partial charge in [0.2, 0.25) is 5.88 Å². The zero-order valence-corrected chi connectivity index (χ0v) is 19.6. The fourth-order valence-corrected chi connectivity index (χ4v) is 3.73. The third-order valence-corrected chi connectivity index (χ3v) is 5.35. The first kappa shape index (κ1) is 23.7. The predicted octanol–water partition coefficient (Wildman–Crippen LogP) is 3.79. The van der Waals surface area contributed by atoms with Crippen molar-refractivity contribution in [3.63, 3.8) is 0 Å². The topological polar surface area (TPSA) is 98.6 Å². The summed E-state index contributed by atoms with van der Waals surface area (Å²) in [4.78, 5) is 34.6. The molecule has 178 valence electrons. The molecule has 0 radical (unpaired) electrons. The number of pyridine rings is 1. The zero-order valence-electron chi connectivity index (χ0n) is 19.6. The lowest BCUT2D eigenvalue weighted by atomic mass is 10.0. The number of nitrogens with zero attached hydrogens (tertiary/aromatic N) is 3. The van der Waals surface area contributed by atoms with Crippen LogP contribution in [0.25, 0.3) is 0 Å². The van der Waals surface area contributed by atoms with Crippen LogP contribution in [-0.4, -0.2) is 33.6 Å². The maximum Gasteiger partial charge on any atom is 0.309 e. The van der Waals surface area contributed by atoms with Crippen LogP contribution in [0.2, 0.25) is 0 Å². The number of hydrogen-bond acceptors (Lipinski definition) is 6. The number of nitrogens with one attached hydrogen (secondary N) is 1. The maximum atomic E-state index is 13.6. The summed E-state index contributed by atoms with van der Waals surface area (Å²) in [5.41, 5.74) is 2.86. The van der Waals surface area contributed by atoms with Gasteiger partial charge < -0.3 is 9.47 Å². The molecular weight excluding hydrogens is 444 g/mol. The van der Waals surface area contributed by atoms with Crippen molar-refractivity contribution < 1.29 is 14.3 Å². The fraction of sp³-hybridized carbons (Fsp3) is 0.185. The molecule has 0 saturated carbocycles. The van der Waals surface area contributed by atoms with E-state index in [0.717, 1.165) is 16.8 Å². The van der Waals surface area contributed by atoms with Gasteiger partial charge in [0, 0.05) is 25.1 Å². The molecule has 2 heterocycles. The normalized spacial score (nSPS) is 11.3. The molecule has 0 saturated heterocycles. The summed E-state index contributed by atoms with van der Waals surface area (Å²) in [6, 6.07) is 22.7. The molecule has 0 atom stereocenters. The van der Waals surface area contributed by atoms with Crippen molar-refractivity contribution in [1.82, 2.24) is 14.8 Å². The molecule has 0 aliphatic heterocycles. The molecule has 0 spiro atoms. The first-order valence-electron chi connectivity index (χ1n) is 11.2. The number of aromatic nitrogens is 3. The van der Waals surface area contributed by atoms with Gasteiger partial charge in [0.15, 0.2) is 0 Å². The highest BCUT2D eigenvalue weighted by Crippen LogP contribution is 2.23. The molecule has 2 aromatic carbocycles. The molecule has 0 amide bonds. The monoisotopic (exact) mass is 470 g/mol. The van der Waals surface area contributed by atoms with E-state index in [-0.39, 0.29) is 30.1 Å². The molecule has 8 nitrogen and oxygen atoms in total. The molecule has 2 aromatic heterocycles. The Morgan fingerprint density at radius 1 is 1.03 bits per heavy atom. The lowest BCUT2D eigenvalue weighted by Crippen LogP contribution is -2.24. The highest BCUT2D eigenvalue weighted by molar-refractivity contribution is 6.04. The summed E-state index contributed by atoms with van der Waals surface area (Å²) >= 11 is 0. The Kier molecular flexibility index (Phi) is 7.52. The number of aliphatic imine (C=N–C) groups is 1. The average molecular weight is 471 g/mol. The Balaban J connectivity index is 1.81. The summed E-state index contributed by atoms with van der Waals surface area (Å²) in [6.45, 7) is 1.84. The van der Waals surface area contributed by atoms with Crippen molar-refractivity contribution in [1.29, 1.82) is 0 Å². The Morgan fingerprint density at radius 3 is 2.49 bits per heavy atom. The second kappa shape index (κ2) is 11.1. The van der Waals surface area contributed by atoms with Crippen molar-refractivity contribution >= 4 is 11.7 Å². The van der Waals surface area contributed by atoms with Crippen LogP contribution in [0, 0.1) is 0 Å². The van der Waals surface area contributed by atoms with E-state index in [0.29, 0.717) is 17.9 Å². The summed E-state index contributed by atoms with van der Waals surface area (Å²) in [5, 5.41) is 2.96. The van der Waals surface area contributed by atoms with Crippen molar-refractivity contribution in [3.8, 4) is 11.6 Å². The number of esters is 1. The first-order chi connectivity index (χ1) is 17.0. The second-order valence-electron chi connectivity index (χ2n) is 7.86. The van der Waals surface area contributed by atoms with Crippen LogP contribution in [0.4, 0.5) is 0 Å². The average Bonchev–Trinajstić information content (AvgIpc) is 3.16. The highest BCUT2D eigenvalue weighted by Gasteiger charge is 2.23. The van der Waals surface area contributed by atoms with E-state index in [1.165, 1.54) is 11.6 Å². The summed E-state index contributed by atoms with van der Waals surface area (Å²) < 4.78 is 12.4. The number of carbonyl (C=O) groups excluding carboxylic acids is 1. The Labute approximate surface area is 202 Å². The maximum absolute atomic E-state index is 13.6. The summed E-state index contributed by atoms with van der Waals surface area (Å²) in [5.74, 6) is 0.195. The van der Waals surface area contributed by atoms with E-state index in [2.05, 4.69) is 10.1 Å². The SMILES string of the molecule is COc1ccccc1CC(=NCc1ccccn1)c1c(OC(C)=O)[nH]n(Cc2ccccc2)c1=O. The van der Waals surface area contributed by atoms with Crippen LogP contribution in [0.5, 0.6) is 11.6 Å². The van der Waals surface area contributed by atoms with E-state index in [1.807, 2.05) is 72.8 Å².